The van der Waals surface area contributed by atoms with E-state index in [4.69, 9.17) is 0 Å². The SMILES string of the molecule is CCCC(C)C(=O)C(C)[Si](C)(c1ccccc1)c1ccccc1. The molecule has 0 aromatic heterocycles. The van der Waals surface area contributed by atoms with Crippen LogP contribution in [0.15, 0.2) is 60.7 Å². The van der Waals surface area contributed by atoms with Gasteiger partial charge in [-0.1, -0.05) is 105 Å². The fraction of sp³-hybridized carbons (Fsp3) is 0.381. The Morgan fingerprint density at radius 1 is 0.913 bits per heavy atom. The first-order chi connectivity index (χ1) is 11.0. The summed E-state index contributed by atoms with van der Waals surface area (Å²) in [6.07, 6.45) is 2.05. The van der Waals surface area contributed by atoms with Gasteiger partial charge in [-0.2, -0.15) is 0 Å². The second-order valence-electron chi connectivity index (χ2n) is 6.75. The van der Waals surface area contributed by atoms with Crippen molar-refractivity contribution in [3.63, 3.8) is 0 Å². The van der Waals surface area contributed by atoms with Crippen molar-refractivity contribution in [3.05, 3.63) is 60.7 Å². The molecule has 0 aliphatic carbocycles. The first kappa shape index (κ1) is 17.7. The van der Waals surface area contributed by atoms with E-state index >= 15 is 0 Å². The summed E-state index contributed by atoms with van der Waals surface area (Å²) >= 11 is 0. The van der Waals surface area contributed by atoms with Crippen LogP contribution in [0.1, 0.15) is 33.6 Å². The zero-order valence-electron chi connectivity index (χ0n) is 14.8. The third kappa shape index (κ3) is 3.64. The summed E-state index contributed by atoms with van der Waals surface area (Å²) in [7, 11) is -2.11. The second kappa shape index (κ2) is 7.74. The van der Waals surface area contributed by atoms with Crippen LogP contribution >= 0.6 is 0 Å². The van der Waals surface area contributed by atoms with Crippen molar-refractivity contribution in [2.24, 2.45) is 5.92 Å². The molecule has 0 bridgehead atoms. The summed E-state index contributed by atoms with van der Waals surface area (Å²) in [5.41, 5.74) is 0.0776. The van der Waals surface area contributed by atoms with Gasteiger partial charge < -0.3 is 0 Å². The molecule has 0 aliphatic heterocycles. The van der Waals surface area contributed by atoms with E-state index in [-0.39, 0.29) is 11.5 Å². The van der Waals surface area contributed by atoms with E-state index in [9.17, 15) is 4.79 Å². The Bertz CT molecular complexity index is 581. The Balaban J connectivity index is 2.49. The number of Topliss-reactive ketones (excluding diaryl/α,β-unsaturated/α-hetero) is 1. The molecule has 0 amide bonds. The number of ketones is 1. The number of carbonyl (C=O) groups excluding carboxylic acids is 1. The molecule has 0 aliphatic rings. The minimum atomic E-state index is -2.11. The van der Waals surface area contributed by atoms with Crippen molar-refractivity contribution in [2.45, 2.75) is 45.7 Å². The molecule has 0 fully saturated rings. The van der Waals surface area contributed by atoms with Gasteiger partial charge in [0.05, 0.1) is 0 Å². The van der Waals surface area contributed by atoms with Gasteiger partial charge >= 0.3 is 0 Å². The predicted octanol–water partition coefficient (Wildman–Crippen LogP) is 4.27. The average Bonchev–Trinajstić information content (AvgIpc) is 2.61. The van der Waals surface area contributed by atoms with Crippen LogP contribution in [0.3, 0.4) is 0 Å². The highest BCUT2D eigenvalue weighted by atomic mass is 28.3. The van der Waals surface area contributed by atoms with E-state index in [1.165, 1.54) is 10.4 Å². The minimum Gasteiger partial charge on any atom is -0.299 e. The normalized spacial score (nSPS) is 14.3. The summed E-state index contributed by atoms with van der Waals surface area (Å²) in [4.78, 5) is 13.1. The van der Waals surface area contributed by atoms with Crippen LogP contribution in [0.4, 0.5) is 0 Å². The van der Waals surface area contributed by atoms with E-state index in [0.717, 1.165) is 12.8 Å². The van der Waals surface area contributed by atoms with Gasteiger partial charge in [0.25, 0.3) is 0 Å². The maximum Gasteiger partial charge on any atom is 0.136 e. The van der Waals surface area contributed by atoms with E-state index in [1.807, 2.05) is 0 Å². The monoisotopic (exact) mass is 324 g/mol. The lowest BCUT2D eigenvalue weighted by Gasteiger charge is -2.35. The Kier molecular flexibility index (Phi) is 5.95. The van der Waals surface area contributed by atoms with Crippen molar-refractivity contribution >= 4 is 24.2 Å². The molecular weight excluding hydrogens is 296 g/mol. The first-order valence-corrected chi connectivity index (χ1v) is 11.2. The standard InChI is InChI=1S/C21H28OSi/c1-5-12-17(2)21(22)18(3)23(4,19-13-8-6-9-14-19)20-15-10-7-11-16-20/h6-11,13-18H,5,12H2,1-4H3. The van der Waals surface area contributed by atoms with Gasteiger partial charge in [-0.05, 0) is 6.42 Å². The third-order valence-corrected chi connectivity index (χ3v) is 10.3. The smallest absolute Gasteiger partial charge is 0.136 e. The Labute approximate surface area is 141 Å². The lowest BCUT2D eigenvalue weighted by Crippen LogP contribution is -2.60. The van der Waals surface area contributed by atoms with Gasteiger partial charge in [0.1, 0.15) is 13.9 Å². The van der Waals surface area contributed by atoms with Gasteiger partial charge in [-0.25, -0.2) is 0 Å². The van der Waals surface area contributed by atoms with Crippen molar-refractivity contribution in [3.8, 4) is 0 Å². The maximum absolute atomic E-state index is 13.1. The average molecular weight is 325 g/mol. The minimum absolute atomic E-state index is 0.0776. The van der Waals surface area contributed by atoms with Gasteiger partial charge in [0, 0.05) is 11.5 Å². The summed E-state index contributed by atoms with van der Waals surface area (Å²) in [6, 6.07) is 21.3. The fourth-order valence-corrected chi connectivity index (χ4v) is 7.48. The topological polar surface area (TPSA) is 17.1 Å². The Morgan fingerprint density at radius 2 is 1.35 bits per heavy atom. The third-order valence-electron chi connectivity index (χ3n) is 5.25. The highest BCUT2D eigenvalue weighted by Gasteiger charge is 2.42. The summed E-state index contributed by atoms with van der Waals surface area (Å²) in [5, 5.41) is 2.69. The van der Waals surface area contributed by atoms with Crippen molar-refractivity contribution in [1.82, 2.24) is 0 Å². The van der Waals surface area contributed by atoms with E-state index in [1.54, 1.807) is 0 Å². The quantitative estimate of drug-likeness (QED) is 0.695. The molecule has 0 saturated heterocycles. The number of hydrogen-bond donors (Lipinski definition) is 0. The lowest BCUT2D eigenvalue weighted by molar-refractivity contribution is -0.122. The van der Waals surface area contributed by atoms with E-state index in [2.05, 4.69) is 88.0 Å². The van der Waals surface area contributed by atoms with Crippen LogP contribution < -0.4 is 10.4 Å². The van der Waals surface area contributed by atoms with Crippen molar-refractivity contribution in [2.75, 3.05) is 0 Å². The largest absolute Gasteiger partial charge is 0.299 e. The highest BCUT2D eigenvalue weighted by molar-refractivity contribution is 7.04. The van der Waals surface area contributed by atoms with Crippen LogP contribution in [0, 0.1) is 5.92 Å². The first-order valence-electron chi connectivity index (χ1n) is 8.66. The fourth-order valence-electron chi connectivity index (χ4n) is 3.52. The summed E-state index contributed by atoms with van der Waals surface area (Å²) in [5.74, 6) is 0.572. The second-order valence-corrected chi connectivity index (χ2v) is 11.2. The van der Waals surface area contributed by atoms with Crippen molar-refractivity contribution in [1.29, 1.82) is 0 Å². The molecule has 0 saturated carbocycles. The zero-order chi connectivity index (χ0) is 16.9. The van der Waals surface area contributed by atoms with Gasteiger partial charge in [-0.3, -0.25) is 4.79 Å². The van der Waals surface area contributed by atoms with Crippen LogP contribution in [0.25, 0.3) is 0 Å². The lowest BCUT2D eigenvalue weighted by atomic mass is 9.99. The molecular formula is C21H28OSi. The zero-order valence-corrected chi connectivity index (χ0v) is 15.8. The van der Waals surface area contributed by atoms with Crippen molar-refractivity contribution < 1.29 is 4.79 Å². The number of rotatable bonds is 7. The van der Waals surface area contributed by atoms with Crippen LogP contribution in [0.2, 0.25) is 12.1 Å². The molecule has 23 heavy (non-hydrogen) atoms. The number of benzene rings is 2. The summed E-state index contributed by atoms with van der Waals surface area (Å²) in [6.45, 7) is 8.74. The van der Waals surface area contributed by atoms with E-state index in [0.29, 0.717) is 5.78 Å². The van der Waals surface area contributed by atoms with Crippen LogP contribution in [-0.2, 0) is 4.79 Å². The van der Waals surface area contributed by atoms with Gasteiger partial charge in [0.15, 0.2) is 0 Å². The maximum atomic E-state index is 13.1. The van der Waals surface area contributed by atoms with Gasteiger partial charge in [0.2, 0.25) is 0 Å². The molecule has 2 aromatic rings. The predicted molar refractivity (Wildman–Crippen MR) is 102 cm³/mol. The molecule has 2 unspecified atom stereocenters. The molecule has 0 heterocycles. The van der Waals surface area contributed by atoms with E-state index < -0.39 is 8.07 Å². The molecule has 2 aromatic carbocycles. The van der Waals surface area contributed by atoms with Gasteiger partial charge in [-0.15, -0.1) is 0 Å². The highest BCUT2D eigenvalue weighted by Crippen LogP contribution is 2.27. The van der Waals surface area contributed by atoms with Crippen LogP contribution in [0.5, 0.6) is 0 Å². The molecule has 2 rings (SSSR count). The molecule has 2 heteroatoms. The molecule has 0 spiro atoms. The number of carbonyl (C=O) groups is 1. The molecule has 2 atom stereocenters. The molecule has 1 nitrogen and oxygen atoms in total. The Morgan fingerprint density at radius 3 is 1.74 bits per heavy atom. The summed E-state index contributed by atoms with van der Waals surface area (Å²) < 4.78 is 0. The Hall–Kier alpha value is -1.67. The number of hydrogen-bond acceptors (Lipinski definition) is 1. The molecule has 0 radical (unpaired) electrons. The molecule has 0 N–H and O–H groups in total. The molecule has 122 valence electrons. The van der Waals surface area contributed by atoms with Crippen LogP contribution in [-0.4, -0.2) is 13.9 Å².